The summed E-state index contributed by atoms with van der Waals surface area (Å²) in [6.07, 6.45) is 0. The molecular weight excluding hydrogens is 295 g/mol. The van der Waals surface area contributed by atoms with E-state index in [1.165, 1.54) is 0 Å². The van der Waals surface area contributed by atoms with Crippen molar-refractivity contribution >= 4 is 61.7 Å². The van der Waals surface area contributed by atoms with E-state index in [1.54, 1.807) is 0 Å². The second-order valence-corrected chi connectivity index (χ2v) is 5.62. The fraction of sp³-hybridized carbons (Fsp3) is 0.500. The summed E-state index contributed by atoms with van der Waals surface area (Å²) in [6.45, 7) is 0. The third-order valence-corrected chi connectivity index (χ3v) is 3.81. The van der Waals surface area contributed by atoms with Crippen LogP contribution < -0.4 is 0 Å². The summed E-state index contributed by atoms with van der Waals surface area (Å²) in [5, 5.41) is 10.2. The molecule has 0 heterocycles. The first kappa shape index (κ1) is 19.1. The molecule has 0 amide bonds. The first-order chi connectivity index (χ1) is 6.89. The van der Waals surface area contributed by atoms with Gasteiger partial charge in [-0.25, -0.2) is 0 Å². The zero-order chi connectivity index (χ0) is 13.3. The molecule has 0 aromatic carbocycles. The molecular formula is C4H7NaO10S2. The molecule has 0 radical (unpaired) electrons. The standard InChI is InChI=1S/C4H6O10S2.Na.H/c5-3(6)1(15(9,10)11)2(4(7)8)16(12,13)14;;/h1-2H,(H,5,6)(H,7,8)(H,9,10,11)(H,12,13,14);;. The van der Waals surface area contributed by atoms with Crippen LogP contribution in [0.5, 0.6) is 0 Å². The van der Waals surface area contributed by atoms with E-state index in [4.69, 9.17) is 19.3 Å². The van der Waals surface area contributed by atoms with Crippen LogP contribution in [0.4, 0.5) is 0 Å². The summed E-state index contributed by atoms with van der Waals surface area (Å²) >= 11 is 0. The zero-order valence-electron chi connectivity index (χ0n) is 7.21. The molecule has 0 aliphatic rings. The molecule has 0 saturated carbocycles. The molecule has 0 aliphatic heterocycles. The molecule has 0 saturated heterocycles. The van der Waals surface area contributed by atoms with Gasteiger partial charge in [0.15, 0.2) is 0 Å². The van der Waals surface area contributed by atoms with Crippen LogP contribution in [0.3, 0.4) is 0 Å². The van der Waals surface area contributed by atoms with Crippen molar-refractivity contribution in [2.75, 3.05) is 0 Å². The van der Waals surface area contributed by atoms with E-state index in [9.17, 15) is 26.4 Å². The van der Waals surface area contributed by atoms with Crippen LogP contribution in [0.1, 0.15) is 0 Å². The van der Waals surface area contributed by atoms with Crippen LogP contribution in [-0.2, 0) is 29.8 Å². The first-order valence-electron chi connectivity index (χ1n) is 3.27. The number of hydrogen-bond donors (Lipinski definition) is 4. The first-order valence-corrected chi connectivity index (χ1v) is 6.28. The van der Waals surface area contributed by atoms with Gasteiger partial charge in [0.1, 0.15) is 0 Å². The Morgan fingerprint density at radius 1 is 0.765 bits per heavy atom. The Kier molecular flexibility index (Phi) is 6.84. The van der Waals surface area contributed by atoms with Crippen LogP contribution in [0.25, 0.3) is 0 Å². The maximum atomic E-state index is 10.5. The van der Waals surface area contributed by atoms with Crippen molar-refractivity contribution < 1.29 is 45.7 Å². The molecule has 96 valence electrons. The van der Waals surface area contributed by atoms with Gasteiger partial charge in [-0.15, -0.1) is 0 Å². The van der Waals surface area contributed by atoms with Crippen LogP contribution in [0.15, 0.2) is 0 Å². The Labute approximate surface area is 117 Å². The van der Waals surface area contributed by atoms with Gasteiger partial charge in [-0.2, -0.15) is 16.8 Å². The van der Waals surface area contributed by atoms with Gasteiger partial charge in [-0.3, -0.25) is 18.7 Å². The van der Waals surface area contributed by atoms with Crippen LogP contribution in [-0.4, -0.2) is 88.1 Å². The molecule has 2 atom stereocenters. The van der Waals surface area contributed by atoms with E-state index in [1.807, 2.05) is 0 Å². The van der Waals surface area contributed by atoms with E-state index in [0.29, 0.717) is 0 Å². The maximum absolute atomic E-state index is 10.5. The van der Waals surface area contributed by atoms with E-state index in [2.05, 4.69) is 0 Å². The summed E-state index contributed by atoms with van der Waals surface area (Å²) in [5.41, 5.74) is 0. The van der Waals surface area contributed by atoms with Crippen LogP contribution in [0.2, 0.25) is 0 Å². The van der Waals surface area contributed by atoms with Gasteiger partial charge in [-0.1, -0.05) is 0 Å². The molecule has 0 spiro atoms. The van der Waals surface area contributed by atoms with Gasteiger partial charge in [0, 0.05) is 0 Å². The molecule has 2 unspecified atom stereocenters. The fourth-order valence-electron chi connectivity index (χ4n) is 0.826. The normalized spacial score (nSPS) is 15.4. The number of aliphatic carboxylic acids is 2. The van der Waals surface area contributed by atoms with Gasteiger partial charge >= 0.3 is 41.5 Å². The molecule has 13 heteroatoms. The molecule has 4 N–H and O–H groups in total. The third kappa shape index (κ3) is 5.29. The average Bonchev–Trinajstić information content (AvgIpc) is 1.92. The minimum absolute atomic E-state index is 0. The number of hydrogen-bond acceptors (Lipinski definition) is 6. The van der Waals surface area contributed by atoms with Crippen molar-refractivity contribution in [3.63, 3.8) is 0 Å². The van der Waals surface area contributed by atoms with Crippen molar-refractivity contribution in [1.82, 2.24) is 0 Å². The van der Waals surface area contributed by atoms with E-state index < -0.39 is 42.7 Å². The van der Waals surface area contributed by atoms with Crippen molar-refractivity contribution in [2.45, 2.75) is 10.5 Å². The van der Waals surface area contributed by atoms with E-state index in [0.717, 1.165) is 0 Å². The minimum atomic E-state index is -5.51. The molecule has 17 heavy (non-hydrogen) atoms. The van der Waals surface area contributed by atoms with Crippen LogP contribution >= 0.6 is 0 Å². The van der Waals surface area contributed by atoms with Gasteiger partial charge in [0.25, 0.3) is 20.2 Å². The number of carbonyl (C=O) groups is 2. The molecule has 10 nitrogen and oxygen atoms in total. The summed E-state index contributed by atoms with van der Waals surface area (Å²) in [6, 6.07) is 0. The summed E-state index contributed by atoms with van der Waals surface area (Å²) < 4.78 is 58.8. The second-order valence-electron chi connectivity index (χ2n) is 2.55. The van der Waals surface area contributed by atoms with Crippen molar-refractivity contribution in [3.8, 4) is 0 Å². The Bertz CT molecular complexity index is 454. The van der Waals surface area contributed by atoms with Gasteiger partial charge in [0.05, 0.1) is 0 Å². The fourth-order valence-corrected chi connectivity index (χ4v) is 3.04. The predicted octanol–water partition coefficient (Wildman–Crippen LogP) is -2.98. The monoisotopic (exact) mass is 302 g/mol. The quantitative estimate of drug-likeness (QED) is 0.302. The average molecular weight is 302 g/mol. The SMILES string of the molecule is O=C(O)C(C(C(=O)O)S(=O)(=O)O)S(=O)(=O)O.[NaH]. The number of carboxylic acid groups (broad SMARTS) is 2. The topological polar surface area (TPSA) is 183 Å². The van der Waals surface area contributed by atoms with Gasteiger partial charge in [0.2, 0.25) is 10.5 Å². The Balaban J connectivity index is 0. The molecule has 0 aliphatic carbocycles. The third-order valence-electron chi connectivity index (χ3n) is 1.40. The Morgan fingerprint density at radius 3 is 1.00 bits per heavy atom. The summed E-state index contributed by atoms with van der Waals surface area (Å²) in [5.74, 6) is -4.85. The van der Waals surface area contributed by atoms with Crippen molar-refractivity contribution in [2.24, 2.45) is 0 Å². The molecule has 0 bridgehead atoms. The molecule has 0 aromatic heterocycles. The van der Waals surface area contributed by atoms with E-state index in [-0.39, 0.29) is 29.6 Å². The Hall–Kier alpha value is -0.240. The van der Waals surface area contributed by atoms with Crippen molar-refractivity contribution in [3.05, 3.63) is 0 Å². The van der Waals surface area contributed by atoms with E-state index >= 15 is 0 Å². The van der Waals surface area contributed by atoms with Crippen molar-refractivity contribution in [1.29, 1.82) is 0 Å². The second kappa shape index (κ2) is 6.08. The zero-order valence-corrected chi connectivity index (χ0v) is 8.84. The summed E-state index contributed by atoms with van der Waals surface area (Å²) in [4.78, 5) is 20.7. The Morgan fingerprint density at radius 2 is 0.941 bits per heavy atom. The number of carboxylic acids is 2. The molecule has 0 fully saturated rings. The molecule has 0 rings (SSSR count). The predicted molar refractivity (Wildman–Crippen MR) is 53.1 cm³/mol. The summed E-state index contributed by atoms with van der Waals surface area (Å²) in [7, 11) is -11.0. The van der Waals surface area contributed by atoms with Gasteiger partial charge < -0.3 is 10.2 Å². The molecule has 0 aromatic rings. The van der Waals surface area contributed by atoms with Gasteiger partial charge in [-0.05, 0) is 0 Å². The van der Waals surface area contributed by atoms with Crippen LogP contribution in [0, 0.1) is 0 Å². The number of rotatable bonds is 5.